The van der Waals surface area contributed by atoms with Crippen LogP contribution in [0.1, 0.15) is 44.2 Å². The average Bonchev–Trinajstić information content (AvgIpc) is 2.92. The molecule has 2 aromatic carbocycles. The maximum Gasteiger partial charge on any atom is 0.249 e. The highest BCUT2D eigenvalue weighted by atomic mass is 16.3. The minimum Gasteiger partial charge on any atom is -0.391 e. The fraction of sp³-hybridized carbons (Fsp3) is 0.419. The van der Waals surface area contributed by atoms with Crippen LogP contribution in [0.3, 0.4) is 0 Å². The molecule has 0 aromatic heterocycles. The van der Waals surface area contributed by atoms with Crippen molar-refractivity contribution in [2.24, 2.45) is 17.1 Å². The van der Waals surface area contributed by atoms with E-state index in [1.165, 1.54) is 0 Å². The van der Waals surface area contributed by atoms with Gasteiger partial charge < -0.3 is 21.1 Å². The smallest absolute Gasteiger partial charge is 0.249 e. The molecule has 3 atom stereocenters. The van der Waals surface area contributed by atoms with Gasteiger partial charge in [0.05, 0.1) is 11.5 Å². The van der Waals surface area contributed by atoms with Crippen LogP contribution in [0.2, 0.25) is 0 Å². The van der Waals surface area contributed by atoms with Gasteiger partial charge in [-0.05, 0) is 36.8 Å². The number of benzene rings is 2. The molecule has 2 aromatic rings. The number of nitrogens with one attached hydrogen (secondary N) is 1. The van der Waals surface area contributed by atoms with Crippen LogP contribution in [0.15, 0.2) is 84.5 Å². The summed E-state index contributed by atoms with van der Waals surface area (Å²) in [5, 5.41) is 14.8. The number of allylic oxidation sites excluding steroid dienone is 2. The van der Waals surface area contributed by atoms with E-state index in [4.69, 9.17) is 5.73 Å². The van der Waals surface area contributed by atoms with Crippen molar-refractivity contribution < 1.29 is 14.7 Å². The predicted octanol–water partition coefficient (Wildman–Crippen LogP) is 4.00. The maximum atomic E-state index is 13.5. The van der Waals surface area contributed by atoms with Crippen molar-refractivity contribution in [3.63, 3.8) is 0 Å². The Balaban J connectivity index is 1.88. The number of carbonyl (C=O) groups is 2. The number of hydrogen-bond acceptors (Lipinski definition) is 4. The summed E-state index contributed by atoms with van der Waals surface area (Å²) in [5.41, 5.74) is 7.58. The molecule has 0 fully saturated rings. The third kappa shape index (κ3) is 7.40. The number of carbonyl (C=O) groups excluding carboxylic acids is 2. The highest BCUT2D eigenvalue weighted by Crippen LogP contribution is 2.43. The molecular weight excluding hydrogens is 462 g/mol. The summed E-state index contributed by atoms with van der Waals surface area (Å²) >= 11 is 0. The molecule has 6 nitrogen and oxygen atoms in total. The highest BCUT2D eigenvalue weighted by molar-refractivity contribution is 5.96. The van der Waals surface area contributed by atoms with Crippen LogP contribution in [-0.2, 0) is 22.6 Å². The summed E-state index contributed by atoms with van der Waals surface area (Å²) in [6.07, 6.45) is 6.84. The Morgan fingerprint density at radius 3 is 2.16 bits per heavy atom. The first-order chi connectivity index (χ1) is 17.9. The summed E-state index contributed by atoms with van der Waals surface area (Å²) in [4.78, 5) is 28.5. The maximum absolute atomic E-state index is 13.5. The van der Waals surface area contributed by atoms with Crippen molar-refractivity contribution in [1.29, 1.82) is 0 Å². The molecule has 0 saturated heterocycles. The van der Waals surface area contributed by atoms with Gasteiger partial charge in [0.25, 0.3) is 0 Å². The molecule has 0 spiro atoms. The molecule has 0 aliphatic heterocycles. The number of nitrogens with zero attached hydrogens (tertiary/aromatic N) is 1. The van der Waals surface area contributed by atoms with Gasteiger partial charge in [-0.25, -0.2) is 0 Å². The number of primary amides is 1. The SMILES string of the molecule is CCCN(CCC)C(=O)C1=CC=CC(C(N)=O)([C@H](Cc2ccccc2)[C@@H](O)CNCc2ccccc2)C1. The minimum absolute atomic E-state index is 0.0613. The van der Waals surface area contributed by atoms with Crippen molar-refractivity contribution in [3.8, 4) is 0 Å². The van der Waals surface area contributed by atoms with E-state index in [2.05, 4.69) is 5.32 Å². The minimum atomic E-state index is -1.19. The van der Waals surface area contributed by atoms with Gasteiger partial charge in [-0.3, -0.25) is 9.59 Å². The number of amides is 2. The summed E-state index contributed by atoms with van der Waals surface area (Å²) in [7, 11) is 0. The lowest BCUT2D eigenvalue weighted by molar-refractivity contribution is -0.132. The molecule has 0 heterocycles. The molecule has 37 heavy (non-hydrogen) atoms. The van der Waals surface area contributed by atoms with Gasteiger partial charge in [0.1, 0.15) is 0 Å². The number of aliphatic hydroxyl groups excluding tert-OH is 1. The van der Waals surface area contributed by atoms with Crippen LogP contribution in [0.4, 0.5) is 0 Å². The second-order valence-corrected chi connectivity index (χ2v) is 9.90. The summed E-state index contributed by atoms with van der Waals surface area (Å²) in [5.74, 6) is -1.11. The molecule has 198 valence electrons. The van der Waals surface area contributed by atoms with E-state index in [-0.39, 0.29) is 12.3 Å². The van der Waals surface area contributed by atoms with E-state index in [0.29, 0.717) is 38.2 Å². The lowest BCUT2D eigenvalue weighted by atomic mass is 9.64. The Bertz CT molecular complexity index is 1060. The quantitative estimate of drug-likeness (QED) is 0.363. The van der Waals surface area contributed by atoms with Crippen LogP contribution < -0.4 is 11.1 Å². The Kier molecular flexibility index (Phi) is 10.7. The van der Waals surface area contributed by atoms with Crippen LogP contribution in [0.5, 0.6) is 0 Å². The lowest BCUT2D eigenvalue weighted by Crippen LogP contribution is -2.51. The zero-order valence-electron chi connectivity index (χ0n) is 22.1. The summed E-state index contributed by atoms with van der Waals surface area (Å²) in [6, 6.07) is 19.8. The van der Waals surface area contributed by atoms with Crippen LogP contribution in [0, 0.1) is 11.3 Å². The van der Waals surface area contributed by atoms with Crippen molar-refractivity contribution in [2.45, 2.75) is 52.2 Å². The first-order valence-electron chi connectivity index (χ1n) is 13.4. The zero-order chi connectivity index (χ0) is 26.7. The molecule has 1 aliphatic rings. The molecular formula is C31H41N3O3. The molecule has 4 N–H and O–H groups in total. The Hall–Kier alpha value is -3.22. The fourth-order valence-electron chi connectivity index (χ4n) is 5.21. The zero-order valence-corrected chi connectivity index (χ0v) is 22.1. The summed E-state index contributed by atoms with van der Waals surface area (Å²) in [6.45, 7) is 6.32. The lowest BCUT2D eigenvalue weighted by Gasteiger charge is -2.41. The number of aliphatic hydroxyl groups is 1. The Morgan fingerprint density at radius 2 is 1.59 bits per heavy atom. The standard InChI is InChI=1S/C31H41N3O3/c1-3-18-34(19-4-2)29(36)26-16-11-17-31(21-26,30(32)37)27(20-24-12-7-5-8-13-24)28(35)23-33-22-25-14-9-6-10-15-25/h5-17,27-28,33,35H,3-4,18-23H2,1-2H3,(H2,32,37)/t27-,28+,31?/m1/s1. The highest BCUT2D eigenvalue weighted by Gasteiger charge is 2.47. The summed E-state index contributed by atoms with van der Waals surface area (Å²) < 4.78 is 0. The molecule has 2 amide bonds. The van der Waals surface area contributed by atoms with Gasteiger partial charge in [-0.1, -0.05) is 92.7 Å². The molecule has 1 unspecified atom stereocenters. The van der Waals surface area contributed by atoms with Gasteiger partial charge in [-0.2, -0.15) is 0 Å². The second-order valence-electron chi connectivity index (χ2n) is 9.90. The molecule has 0 bridgehead atoms. The van der Waals surface area contributed by atoms with Crippen molar-refractivity contribution in [2.75, 3.05) is 19.6 Å². The van der Waals surface area contributed by atoms with E-state index in [0.717, 1.165) is 24.0 Å². The van der Waals surface area contributed by atoms with Crippen LogP contribution in [-0.4, -0.2) is 47.6 Å². The van der Waals surface area contributed by atoms with Crippen LogP contribution >= 0.6 is 0 Å². The Morgan fingerprint density at radius 1 is 1.00 bits per heavy atom. The molecule has 3 rings (SSSR count). The van der Waals surface area contributed by atoms with Gasteiger partial charge >= 0.3 is 0 Å². The van der Waals surface area contributed by atoms with E-state index in [1.807, 2.05) is 79.4 Å². The van der Waals surface area contributed by atoms with E-state index in [1.54, 1.807) is 18.2 Å². The number of hydrogen-bond donors (Lipinski definition) is 3. The van der Waals surface area contributed by atoms with Gasteiger partial charge in [0, 0.05) is 37.7 Å². The molecule has 0 radical (unpaired) electrons. The first-order valence-corrected chi connectivity index (χ1v) is 13.4. The number of nitrogens with two attached hydrogens (primary N) is 1. The van der Waals surface area contributed by atoms with Crippen LogP contribution in [0.25, 0.3) is 0 Å². The second kappa shape index (κ2) is 13.9. The predicted molar refractivity (Wildman–Crippen MR) is 148 cm³/mol. The topological polar surface area (TPSA) is 95.7 Å². The monoisotopic (exact) mass is 503 g/mol. The van der Waals surface area contributed by atoms with Gasteiger partial charge in [0.2, 0.25) is 11.8 Å². The van der Waals surface area contributed by atoms with Gasteiger partial charge in [-0.15, -0.1) is 0 Å². The van der Waals surface area contributed by atoms with E-state index >= 15 is 0 Å². The third-order valence-electron chi connectivity index (χ3n) is 7.13. The Labute approximate surface area is 221 Å². The number of rotatable bonds is 14. The fourth-order valence-corrected chi connectivity index (χ4v) is 5.21. The van der Waals surface area contributed by atoms with E-state index < -0.39 is 23.3 Å². The van der Waals surface area contributed by atoms with Crippen molar-refractivity contribution >= 4 is 11.8 Å². The third-order valence-corrected chi connectivity index (χ3v) is 7.13. The van der Waals surface area contributed by atoms with Crippen molar-refractivity contribution in [3.05, 3.63) is 95.6 Å². The molecule has 6 heteroatoms. The average molecular weight is 504 g/mol. The van der Waals surface area contributed by atoms with Gasteiger partial charge in [0.15, 0.2) is 0 Å². The first kappa shape index (κ1) is 28.4. The molecule has 0 saturated carbocycles. The van der Waals surface area contributed by atoms with Crippen molar-refractivity contribution in [1.82, 2.24) is 10.2 Å². The molecule has 1 aliphatic carbocycles. The normalized spacial score (nSPS) is 18.6. The largest absolute Gasteiger partial charge is 0.391 e. The van der Waals surface area contributed by atoms with E-state index in [9.17, 15) is 14.7 Å².